The van der Waals surface area contributed by atoms with Crippen LogP contribution in [0.4, 0.5) is 0 Å². The largest absolute Gasteiger partial charge is 0.345 e. The zero-order valence-electron chi connectivity index (χ0n) is 13.7. The molecule has 0 fully saturated rings. The maximum atomic E-state index is 12.6. The van der Waals surface area contributed by atoms with E-state index in [1.807, 2.05) is 38.1 Å². The summed E-state index contributed by atoms with van der Waals surface area (Å²) < 4.78 is 2.70. The number of carbonyl (C=O) groups is 1. The Morgan fingerprint density at radius 2 is 1.91 bits per heavy atom. The molecule has 2 rings (SSSR count). The molecule has 1 N–H and O–H groups in total. The molecule has 1 aromatic heterocycles. The summed E-state index contributed by atoms with van der Waals surface area (Å²) in [5, 5.41) is 7.77. The first-order valence-electron chi connectivity index (χ1n) is 7.58. The maximum absolute atomic E-state index is 12.6. The van der Waals surface area contributed by atoms with Gasteiger partial charge in [0.25, 0.3) is 5.91 Å². The lowest BCUT2D eigenvalue weighted by molar-refractivity contribution is 0.0939. The average molecular weight is 399 g/mol. The van der Waals surface area contributed by atoms with E-state index in [-0.39, 0.29) is 11.9 Å². The number of nitrogens with zero attached hydrogens (tertiary/aromatic N) is 2. The minimum absolute atomic E-state index is 0.112. The van der Waals surface area contributed by atoms with E-state index in [4.69, 9.17) is 11.6 Å². The van der Waals surface area contributed by atoms with Gasteiger partial charge in [-0.05, 0) is 37.5 Å². The van der Waals surface area contributed by atoms with Crippen molar-refractivity contribution in [2.45, 2.75) is 40.3 Å². The van der Waals surface area contributed by atoms with E-state index in [0.717, 1.165) is 10.0 Å². The molecule has 1 amide bonds. The van der Waals surface area contributed by atoms with Crippen molar-refractivity contribution in [1.29, 1.82) is 0 Å². The monoisotopic (exact) mass is 397 g/mol. The molecule has 2 aromatic rings. The molecule has 0 saturated carbocycles. The van der Waals surface area contributed by atoms with Crippen molar-refractivity contribution in [1.82, 2.24) is 15.1 Å². The molecule has 0 saturated heterocycles. The number of aryl methyl sites for hydroxylation is 1. The number of hydrogen-bond donors (Lipinski definition) is 1. The van der Waals surface area contributed by atoms with Crippen molar-refractivity contribution >= 4 is 33.4 Å². The van der Waals surface area contributed by atoms with Crippen LogP contribution in [0.15, 0.2) is 28.7 Å². The van der Waals surface area contributed by atoms with Crippen LogP contribution >= 0.6 is 27.5 Å². The first-order valence-corrected chi connectivity index (χ1v) is 8.76. The second-order valence-electron chi connectivity index (χ2n) is 6.07. The van der Waals surface area contributed by atoms with Gasteiger partial charge >= 0.3 is 0 Å². The highest BCUT2D eigenvalue weighted by Crippen LogP contribution is 2.23. The minimum Gasteiger partial charge on any atom is -0.345 e. The first-order chi connectivity index (χ1) is 10.8. The fraction of sp³-hybridized carbons (Fsp3) is 0.412. The summed E-state index contributed by atoms with van der Waals surface area (Å²) >= 11 is 9.76. The van der Waals surface area contributed by atoms with Crippen LogP contribution < -0.4 is 5.32 Å². The van der Waals surface area contributed by atoms with Gasteiger partial charge in [-0.15, -0.1) is 0 Å². The van der Waals surface area contributed by atoms with Gasteiger partial charge in [-0.2, -0.15) is 5.10 Å². The number of aromatic nitrogens is 2. The summed E-state index contributed by atoms with van der Waals surface area (Å²) in [7, 11) is 0. The van der Waals surface area contributed by atoms with Gasteiger partial charge in [-0.25, -0.2) is 0 Å². The second-order valence-corrected chi connectivity index (χ2v) is 7.35. The van der Waals surface area contributed by atoms with E-state index < -0.39 is 0 Å². The molecular weight excluding hydrogens is 378 g/mol. The van der Waals surface area contributed by atoms with Gasteiger partial charge in [0.05, 0.1) is 17.3 Å². The fourth-order valence-electron chi connectivity index (χ4n) is 2.38. The Morgan fingerprint density at radius 1 is 1.30 bits per heavy atom. The summed E-state index contributed by atoms with van der Waals surface area (Å²) in [5.74, 6) is 0.210. The topological polar surface area (TPSA) is 46.9 Å². The van der Waals surface area contributed by atoms with Crippen molar-refractivity contribution in [2.24, 2.45) is 5.92 Å². The molecule has 0 aliphatic rings. The van der Waals surface area contributed by atoms with Gasteiger partial charge in [-0.1, -0.05) is 53.5 Å². The third kappa shape index (κ3) is 4.36. The van der Waals surface area contributed by atoms with Gasteiger partial charge in [0.1, 0.15) is 5.15 Å². The highest BCUT2D eigenvalue weighted by Gasteiger charge is 2.22. The van der Waals surface area contributed by atoms with Crippen LogP contribution in [0.3, 0.4) is 0 Å². The Morgan fingerprint density at radius 3 is 2.48 bits per heavy atom. The van der Waals surface area contributed by atoms with E-state index in [0.29, 0.717) is 28.9 Å². The van der Waals surface area contributed by atoms with E-state index in [1.165, 1.54) is 0 Å². The van der Waals surface area contributed by atoms with Gasteiger partial charge < -0.3 is 5.32 Å². The van der Waals surface area contributed by atoms with Crippen LogP contribution in [-0.2, 0) is 6.54 Å². The molecule has 1 atom stereocenters. The molecule has 0 unspecified atom stereocenters. The number of nitrogens with one attached hydrogen (secondary N) is 1. The lowest BCUT2D eigenvalue weighted by atomic mass is 10.1. The Labute approximate surface area is 150 Å². The number of carbonyl (C=O) groups excluding carboxylic acids is 1. The second kappa shape index (κ2) is 7.49. The highest BCUT2D eigenvalue weighted by molar-refractivity contribution is 9.10. The molecule has 6 heteroatoms. The molecule has 4 nitrogen and oxygen atoms in total. The van der Waals surface area contributed by atoms with Crippen LogP contribution in [-0.4, -0.2) is 15.7 Å². The molecule has 0 spiro atoms. The van der Waals surface area contributed by atoms with E-state index >= 15 is 0 Å². The van der Waals surface area contributed by atoms with E-state index in [9.17, 15) is 4.79 Å². The van der Waals surface area contributed by atoms with Gasteiger partial charge in [0, 0.05) is 11.0 Å². The smallest absolute Gasteiger partial charge is 0.256 e. The zero-order chi connectivity index (χ0) is 17.1. The average Bonchev–Trinajstić information content (AvgIpc) is 2.73. The predicted molar refractivity (Wildman–Crippen MR) is 96.8 cm³/mol. The van der Waals surface area contributed by atoms with Crippen LogP contribution in [0, 0.1) is 12.8 Å². The zero-order valence-corrected chi connectivity index (χ0v) is 16.1. The number of hydrogen-bond acceptors (Lipinski definition) is 2. The van der Waals surface area contributed by atoms with Crippen molar-refractivity contribution in [3.05, 3.63) is 50.7 Å². The minimum atomic E-state index is -0.196. The third-order valence-corrected chi connectivity index (χ3v) is 4.46. The SMILES string of the molecule is Cc1nn(CC(C)C)c(Cl)c1C(=O)N[C@@H](C)c1ccc(Br)cc1. The molecule has 124 valence electrons. The van der Waals surface area contributed by atoms with Gasteiger partial charge in [0.15, 0.2) is 0 Å². The lowest BCUT2D eigenvalue weighted by Crippen LogP contribution is -2.27. The molecular formula is C17H21BrClN3O. The summed E-state index contributed by atoms with van der Waals surface area (Å²) in [6.45, 7) is 8.62. The highest BCUT2D eigenvalue weighted by atomic mass is 79.9. The van der Waals surface area contributed by atoms with Crippen molar-refractivity contribution in [3.63, 3.8) is 0 Å². The molecule has 1 heterocycles. The third-order valence-electron chi connectivity index (χ3n) is 3.55. The van der Waals surface area contributed by atoms with Crippen molar-refractivity contribution in [3.8, 4) is 0 Å². The van der Waals surface area contributed by atoms with Crippen LogP contribution in [0.25, 0.3) is 0 Å². The summed E-state index contributed by atoms with van der Waals surface area (Å²) in [4.78, 5) is 12.6. The Balaban J connectivity index is 2.17. The first kappa shape index (κ1) is 18.0. The maximum Gasteiger partial charge on any atom is 0.256 e. The standard InChI is InChI=1S/C17H21BrClN3O/c1-10(2)9-22-16(19)15(12(4)21-22)17(23)20-11(3)13-5-7-14(18)8-6-13/h5-8,10-11H,9H2,1-4H3,(H,20,23)/t11-/m0/s1. The van der Waals surface area contributed by atoms with Gasteiger partial charge in [-0.3, -0.25) is 9.48 Å². The van der Waals surface area contributed by atoms with Crippen LogP contribution in [0.5, 0.6) is 0 Å². The molecule has 0 bridgehead atoms. The van der Waals surface area contributed by atoms with Crippen molar-refractivity contribution in [2.75, 3.05) is 0 Å². The Hall–Kier alpha value is -1.33. The molecule has 0 aliphatic heterocycles. The normalized spacial score (nSPS) is 12.5. The molecule has 0 radical (unpaired) electrons. The predicted octanol–water partition coefficient (Wildman–Crippen LogP) is 4.75. The summed E-state index contributed by atoms with van der Waals surface area (Å²) in [6, 6.07) is 7.75. The van der Waals surface area contributed by atoms with Crippen LogP contribution in [0.2, 0.25) is 5.15 Å². The number of rotatable bonds is 5. The van der Waals surface area contributed by atoms with E-state index in [2.05, 4.69) is 40.2 Å². The summed E-state index contributed by atoms with van der Waals surface area (Å²) in [5.41, 5.74) is 2.14. The van der Waals surface area contributed by atoms with E-state index in [1.54, 1.807) is 4.68 Å². The summed E-state index contributed by atoms with van der Waals surface area (Å²) in [6.07, 6.45) is 0. The number of benzene rings is 1. The molecule has 23 heavy (non-hydrogen) atoms. The number of halogens is 2. The fourth-order valence-corrected chi connectivity index (χ4v) is 2.98. The van der Waals surface area contributed by atoms with Gasteiger partial charge in [0.2, 0.25) is 0 Å². The lowest BCUT2D eigenvalue weighted by Gasteiger charge is -2.14. The Bertz CT molecular complexity index is 695. The molecule has 0 aliphatic carbocycles. The van der Waals surface area contributed by atoms with Crippen LogP contribution in [0.1, 0.15) is 48.4 Å². The quantitative estimate of drug-likeness (QED) is 0.789. The van der Waals surface area contributed by atoms with Crippen molar-refractivity contribution < 1.29 is 4.79 Å². The number of amides is 1. The molecule has 1 aromatic carbocycles. The Kier molecular flexibility index (Phi) is 5.87.